The third kappa shape index (κ3) is 3.94. The molecule has 1 aromatic rings. The van der Waals surface area contributed by atoms with E-state index in [1.165, 1.54) is 0 Å². The fourth-order valence-corrected chi connectivity index (χ4v) is 8.11. The second kappa shape index (κ2) is 8.61. The Morgan fingerprint density at radius 2 is 2.00 bits per heavy atom. The molecule has 6 atom stereocenters. The molecule has 5 aliphatic heterocycles. The van der Waals surface area contributed by atoms with Gasteiger partial charge >= 0.3 is 6.09 Å². The number of amides is 2. The van der Waals surface area contributed by atoms with Crippen LogP contribution in [0.1, 0.15) is 38.7 Å². The first-order valence-corrected chi connectivity index (χ1v) is 14.1. The van der Waals surface area contributed by atoms with Crippen LogP contribution in [0.5, 0.6) is 0 Å². The van der Waals surface area contributed by atoms with Crippen LogP contribution in [0.15, 0.2) is 30.3 Å². The molecule has 13 heteroatoms. The van der Waals surface area contributed by atoms with Gasteiger partial charge in [-0.2, -0.15) is 8.42 Å². The van der Waals surface area contributed by atoms with Crippen molar-refractivity contribution in [1.82, 2.24) is 15.5 Å². The van der Waals surface area contributed by atoms with Gasteiger partial charge in [0.25, 0.3) is 10.1 Å². The van der Waals surface area contributed by atoms with Crippen molar-refractivity contribution in [2.24, 2.45) is 0 Å². The molecule has 37 heavy (non-hydrogen) atoms. The Morgan fingerprint density at radius 3 is 2.78 bits per heavy atom. The Labute approximate surface area is 215 Å². The molecular formula is C24H31N3O9S. The smallest absolute Gasteiger partial charge is 0.407 e. The highest BCUT2D eigenvalue weighted by Gasteiger charge is 2.85. The molecule has 0 aliphatic carbocycles. The lowest BCUT2D eigenvalue weighted by Crippen LogP contribution is -2.68. The Bertz CT molecular complexity index is 1200. The van der Waals surface area contributed by atoms with Crippen molar-refractivity contribution in [2.75, 3.05) is 18.8 Å². The quantitative estimate of drug-likeness (QED) is 0.374. The molecule has 2 N–H and O–H groups in total. The minimum Gasteiger partial charge on any atom is -0.445 e. The third-order valence-corrected chi connectivity index (χ3v) is 9.04. The van der Waals surface area contributed by atoms with Gasteiger partial charge in [0.15, 0.2) is 17.7 Å². The number of alkyl carbamates (subject to hydrolysis) is 1. The third-order valence-electron chi connectivity index (χ3n) is 7.74. The van der Waals surface area contributed by atoms with E-state index in [1.807, 2.05) is 30.3 Å². The van der Waals surface area contributed by atoms with Crippen LogP contribution in [-0.2, 0) is 44.7 Å². The molecule has 0 radical (unpaired) electrons. The number of ether oxygens (including phenoxy) is 4. The van der Waals surface area contributed by atoms with Crippen molar-refractivity contribution in [2.45, 2.75) is 81.3 Å². The molecule has 202 valence electrons. The standard InChI is InChI=1S/C24H31N3O9S/c1-22(2)34-18-20(35-22)33-17-12-27-19(28)16(26-23(27)14-37(30,31)36-24(17,18)23)10-6-7-11-25-21(29)32-13-15-8-4-3-5-9-15/h3-5,8-9,16-18,20,26H,6-7,10-14H2,1-2H3,(H,25,29)/t16-,17-,18+,20-,23+,24-/m1/s1. The number of benzene rings is 1. The van der Waals surface area contributed by atoms with E-state index in [9.17, 15) is 18.0 Å². The van der Waals surface area contributed by atoms with Crippen LogP contribution < -0.4 is 10.6 Å². The van der Waals surface area contributed by atoms with Gasteiger partial charge in [-0.1, -0.05) is 30.3 Å². The van der Waals surface area contributed by atoms with E-state index < -0.39 is 57.8 Å². The lowest BCUT2D eigenvalue weighted by atomic mass is 9.83. The van der Waals surface area contributed by atoms with Crippen LogP contribution in [0.2, 0.25) is 0 Å². The maximum Gasteiger partial charge on any atom is 0.407 e. The molecule has 5 fully saturated rings. The normalized spacial score (nSPS) is 38.2. The second-order valence-corrected chi connectivity index (χ2v) is 12.2. The van der Waals surface area contributed by atoms with Crippen LogP contribution in [0, 0.1) is 0 Å². The van der Waals surface area contributed by atoms with Crippen molar-refractivity contribution in [3.8, 4) is 0 Å². The average Bonchev–Trinajstić information content (AvgIpc) is 3.51. The summed E-state index contributed by atoms with van der Waals surface area (Å²) in [6.45, 7) is 4.23. The van der Waals surface area contributed by atoms with E-state index >= 15 is 0 Å². The molecule has 0 unspecified atom stereocenters. The van der Waals surface area contributed by atoms with E-state index in [0.717, 1.165) is 5.56 Å². The minimum atomic E-state index is -3.95. The molecule has 12 nitrogen and oxygen atoms in total. The number of rotatable bonds is 7. The number of hydrogen-bond acceptors (Lipinski definition) is 10. The summed E-state index contributed by atoms with van der Waals surface area (Å²) in [4.78, 5) is 26.9. The lowest BCUT2D eigenvalue weighted by molar-refractivity contribution is -0.222. The number of carbonyl (C=O) groups excluding carboxylic acids is 2. The van der Waals surface area contributed by atoms with Crippen LogP contribution in [0.3, 0.4) is 0 Å². The van der Waals surface area contributed by atoms with Crippen molar-refractivity contribution < 1.29 is 41.1 Å². The fraction of sp³-hybridized carbons (Fsp3) is 0.667. The van der Waals surface area contributed by atoms with Gasteiger partial charge in [-0.05, 0) is 38.7 Å². The number of fused-ring (bicyclic) bond motifs is 1. The number of nitrogens with one attached hydrogen (secondary N) is 2. The number of carbonyl (C=O) groups is 2. The first kappa shape index (κ1) is 25.0. The molecule has 2 amide bonds. The molecule has 5 heterocycles. The molecule has 0 saturated carbocycles. The summed E-state index contributed by atoms with van der Waals surface area (Å²) in [6, 6.07) is 8.81. The van der Waals surface area contributed by atoms with Gasteiger partial charge in [0.2, 0.25) is 5.91 Å². The number of hydrogen-bond donors (Lipinski definition) is 2. The molecule has 2 spiro atoms. The van der Waals surface area contributed by atoms with Gasteiger partial charge in [-0.15, -0.1) is 0 Å². The van der Waals surface area contributed by atoms with Crippen LogP contribution >= 0.6 is 0 Å². The zero-order valence-electron chi connectivity index (χ0n) is 20.7. The van der Waals surface area contributed by atoms with E-state index in [-0.39, 0.29) is 24.8 Å². The van der Waals surface area contributed by atoms with Gasteiger partial charge < -0.3 is 29.2 Å². The largest absolute Gasteiger partial charge is 0.445 e. The summed E-state index contributed by atoms with van der Waals surface area (Å²) in [5, 5.41) is 6.03. The molecule has 0 aromatic heterocycles. The van der Waals surface area contributed by atoms with Gasteiger partial charge in [0, 0.05) is 6.54 Å². The minimum absolute atomic E-state index is 0.187. The van der Waals surface area contributed by atoms with E-state index in [1.54, 1.807) is 18.7 Å². The second-order valence-electron chi connectivity index (χ2n) is 10.6. The van der Waals surface area contributed by atoms with Crippen LogP contribution in [0.25, 0.3) is 0 Å². The first-order valence-electron chi connectivity index (χ1n) is 12.5. The Morgan fingerprint density at radius 1 is 1.22 bits per heavy atom. The predicted molar refractivity (Wildman–Crippen MR) is 126 cm³/mol. The van der Waals surface area contributed by atoms with Crippen LogP contribution in [0.4, 0.5) is 4.79 Å². The summed E-state index contributed by atoms with van der Waals surface area (Å²) >= 11 is 0. The summed E-state index contributed by atoms with van der Waals surface area (Å²) in [7, 11) is -3.95. The highest BCUT2D eigenvalue weighted by Crippen LogP contribution is 2.60. The lowest BCUT2D eigenvalue weighted by Gasteiger charge is -2.39. The Kier molecular flexibility index (Phi) is 5.82. The fourth-order valence-electron chi connectivity index (χ4n) is 6.32. The summed E-state index contributed by atoms with van der Waals surface area (Å²) < 4.78 is 54.4. The zero-order valence-corrected chi connectivity index (χ0v) is 21.5. The summed E-state index contributed by atoms with van der Waals surface area (Å²) in [5.74, 6) is -1.55. The van der Waals surface area contributed by atoms with Crippen molar-refractivity contribution in [3.05, 3.63) is 35.9 Å². The topological polar surface area (TPSA) is 142 Å². The van der Waals surface area contributed by atoms with Crippen LogP contribution in [-0.4, -0.2) is 85.8 Å². The molecule has 0 bridgehead atoms. The molecule has 1 aromatic carbocycles. The SMILES string of the molecule is CC1(C)O[C@H]2O[C@@H]3CN4C(=O)[C@@H](CCCCNC(=O)OCc5ccccc5)N[C@@]45CS(=O)(=O)O[C@@]35[C@H]2O1. The highest BCUT2D eigenvalue weighted by molar-refractivity contribution is 7.87. The Balaban J connectivity index is 1.06. The van der Waals surface area contributed by atoms with Crippen molar-refractivity contribution in [1.29, 1.82) is 0 Å². The van der Waals surface area contributed by atoms with Crippen molar-refractivity contribution in [3.63, 3.8) is 0 Å². The van der Waals surface area contributed by atoms with Gasteiger partial charge in [0.1, 0.15) is 30.2 Å². The number of unbranched alkanes of at least 4 members (excludes halogenated alkanes) is 1. The average molecular weight is 538 g/mol. The summed E-state index contributed by atoms with van der Waals surface area (Å²) in [6.07, 6.45) is -1.06. The van der Waals surface area contributed by atoms with Crippen molar-refractivity contribution >= 4 is 22.1 Å². The molecular weight excluding hydrogens is 506 g/mol. The maximum absolute atomic E-state index is 13.4. The van der Waals surface area contributed by atoms with Gasteiger partial charge in [0.05, 0.1) is 12.6 Å². The predicted octanol–water partition coefficient (Wildman–Crippen LogP) is 0.569. The van der Waals surface area contributed by atoms with E-state index in [0.29, 0.717) is 25.8 Å². The monoisotopic (exact) mass is 537 g/mol. The highest BCUT2D eigenvalue weighted by atomic mass is 32.2. The van der Waals surface area contributed by atoms with E-state index in [2.05, 4.69) is 10.6 Å². The molecule has 6 rings (SSSR count). The Hall–Kier alpha value is -2.29. The summed E-state index contributed by atoms with van der Waals surface area (Å²) in [5.41, 5.74) is -1.81. The maximum atomic E-state index is 13.4. The van der Waals surface area contributed by atoms with Gasteiger partial charge in [-0.25, -0.2) is 4.79 Å². The van der Waals surface area contributed by atoms with E-state index in [4.69, 9.17) is 23.1 Å². The zero-order chi connectivity index (χ0) is 26.1. The van der Waals surface area contributed by atoms with Gasteiger partial charge in [-0.3, -0.25) is 14.3 Å². The molecule has 5 saturated heterocycles. The first-order chi connectivity index (χ1) is 17.6. The number of nitrogens with zero attached hydrogens (tertiary/aromatic N) is 1. The molecule has 5 aliphatic rings.